The van der Waals surface area contributed by atoms with E-state index in [1.807, 2.05) is 0 Å². The Labute approximate surface area is 126 Å². The first-order valence-electron chi connectivity index (χ1n) is 6.26. The number of hydrogen-bond acceptors (Lipinski definition) is 5. The second kappa shape index (κ2) is 5.55. The van der Waals surface area contributed by atoms with Crippen LogP contribution in [-0.2, 0) is 11.0 Å². The summed E-state index contributed by atoms with van der Waals surface area (Å²) in [6.45, 7) is 0. The summed E-state index contributed by atoms with van der Waals surface area (Å²) in [4.78, 5) is 18.8. The fourth-order valence-corrected chi connectivity index (χ4v) is 1.70. The first kappa shape index (κ1) is 14.8. The molecule has 1 aromatic carbocycles. The van der Waals surface area contributed by atoms with Crippen LogP contribution in [0.1, 0.15) is 11.7 Å². The number of aromatic amines is 1. The fraction of sp³-hybridized carbons (Fsp3) is 0.0769. The predicted octanol–water partition coefficient (Wildman–Crippen LogP) is 2.62. The van der Waals surface area contributed by atoms with Gasteiger partial charge in [0.1, 0.15) is 5.52 Å². The topological polar surface area (TPSA) is 96.7 Å². The third-order valence-corrected chi connectivity index (χ3v) is 2.68. The number of benzene rings is 1. The number of H-pyrrole nitrogens is 1. The molecule has 0 unspecified atom stereocenters. The maximum Gasteiger partial charge on any atom is 0.451 e. The summed E-state index contributed by atoms with van der Waals surface area (Å²) in [7, 11) is 0. The Balaban J connectivity index is 1.68. The first-order valence-corrected chi connectivity index (χ1v) is 6.26. The van der Waals surface area contributed by atoms with Gasteiger partial charge in [-0.05, 0) is 12.1 Å². The number of carbonyl (C=O) groups excluding carboxylic acids is 1. The zero-order valence-electron chi connectivity index (χ0n) is 11.3. The van der Waals surface area contributed by atoms with Gasteiger partial charge in [0.15, 0.2) is 5.58 Å². The summed E-state index contributed by atoms with van der Waals surface area (Å²) in [5.74, 6) is -2.31. The lowest BCUT2D eigenvalue weighted by molar-refractivity contribution is -0.144. The maximum atomic E-state index is 12.3. The second-order valence-corrected chi connectivity index (χ2v) is 4.35. The molecule has 0 fully saturated rings. The molecule has 0 aliphatic heterocycles. The molecule has 118 valence electrons. The van der Waals surface area contributed by atoms with Gasteiger partial charge in [-0.15, -0.1) is 5.10 Å². The molecule has 0 radical (unpaired) electrons. The standard InChI is InChI=1S/C13H8F3N5O2/c14-13(15,16)11-19-12(21-20-11)18-9(22)5-6-10-17-7-3-1-2-4-8(7)23-10/h1-6H,(H2,18,19,20,21,22)/b6-5-. The lowest BCUT2D eigenvalue weighted by Crippen LogP contribution is -2.10. The second-order valence-electron chi connectivity index (χ2n) is 4.35. The number of fused-ring (bicyclic) bond motifs is 1. The van der Waals surface area contributed by atoms with Crippen LogP contribution in [0.3, 0.4) is 0 Å². The van der Waals surface area contributed by atoms with Gasteiger partial charge in [0.25, 0.3) is 5.91 Å². The maximum absolute atomic E-state index is 12.3. The van der Waals surface area contributed by atoms with E-state index in [0.717, 1.165) is 6.08 Å². The van der Waals surface area contributed by atoms with Crippen LogP contribution in [0.5, 0.6) is 0 Å². The molecule has 2 N–H and O–H groups in total. The summed E-state index contributed by atoms with van der Waals surface area (Å²) in [5, 5.41) is 7.03. The monoisotopic (exact) mass is 323 g/mol. The van der Waals surface area contributed by atoms with Gasteiger partial charge in [0.2, 0.25) is 17.7 Å². The zero-order valence-corrected chi connectivity index (χ0v) is 11.3. The van der Waals surface area contributed by atoms with E-state index in [9.17, 15) is 18.0 Å². The van der Waals surface area contributed by atoms with Gasteiger partial charge in [-0.3, -0.25) is 15.2 Å². The first-order chi connectivity index (χ1) is 10.9. The van der Waals surface area contributed by atoms with E-state index in [-0.39, 0.29) is 5.89 Å². The minimum absolute atomic E-state index is 0.187. The predicted molar refractivity (Wildman–Crippen MR) is 73.1 cm³/mol. The number of nitrogens with one attached hydrogen (secondary N) is 2. The van der Waals surface area contributed by atoms with Crippen LogP contribution in [0.15, 0.2) is 34.8 Å². The number of carbonyl (C=O) groups is 1. The Hall–Kier alpha value is -3.17. The van der Waals surface area contributed by atoms with Crippen LogP contribution < -0.4 is 5.32 Å². The van der Waals surface area contributed by atoms with Gasteiger partial charge in [-0.25, -0.2) is 4.98 Å². The lowest BCUT2D eigenvalue weighted by atomic mass is 10.3. The molecule has 2 aromatic heterocycles. The molecule has 0 spiro atoms. The number of alkyl halides is 3. The van der Waals surface area contributed by atoms with E-state index in [2.05, 4.69) is 20.4 Å². The molecular formula is C13H8F3N5O2. The van der Waals surface area contributed by atoms with Gasteiger partial charge in [0, 0.05) is 12.2 Å². The Morgan fingerprint density at radius 3 is 2.74 bits per heavy atom. The summed E-state index contributed by atoms with van der Waals surface area (Å²) >= 11 is 0. The summed E-state index contributed by atoms with van der Waals surface area (Å²) in [5.41, 5.74) is 1.17. The van der Waals surface area contributed by atoms with Crippen LogP contribution in [0, 0.1) is 0 Å². The minimum atomic E-state index is -4.66. The quantitative estimate of drug-likeness (QED) is 0.722. The Kier molecular flexibility index (Phi) is 3.56. The molecular weight excluding hydrogens is 315 g/mol. The highest BCUT2D eigenvalue weighted by atomic mass is 19.4. The molecule has 10 heteroatoms. The molecule has 2 heterocycles. The molecule has 0 atom stereocenters. The molecule has 23 heavy (non-hydrogen) atoms. The van der Waals surface area contributed by atoms with E-state index < -0.39 is 23.9 Å². The minimum Gasteiger partial charge on any atom is -0.437 e. The van der Waals surface area contributed by atoms with E-state index in [4.69, 9.17) is 4.42 Å². The Bertz CT molecular complexity index is 848. The highest BCUT2D eigenvalue weighted by Gasteiger charge is 2.35. The van der Waals surface area contributed by atoms with Crippen molar-refractivity contribution in [3.63, 3.8) is 0 Å². The van der Waals surface area contributed by atoms with Crippen LogP contribution in [-0.4, -0.2) is 26.1 Å². The van der Waals surface area contributed by atoms with Crippen molar-refractivity contribution in [2.45, 2.75) is 6.18 Å². The number of para-hydroxylation sites is 2. The van der Waals surface area contributed by atoms with Crippen molar-refractivity contribution in [2.24, 2.45) is 0 Å². The fourth-order valence-electron chi connectivity index (χ4n) is 1.70. The molecule has 1 amide bonds. The highest BCUT2D eigenvalue weighted by Crippen LogP contribution is 2.26. The molecule has 0 saturated heterocycles. The Morgan fingerprint density at radius 2 is 2.04 bits per heavy atom. The normalized spacial score (nSPS) is 12.1. The van der Waals surface area contributed by atoms with Gasteiger partial charge in [-0.2, -0.15) is 18.2 Å². The number of rotatable bonds is 3. The van der Waals surface area contributed by atoms with Crippen molar-refractivity contribution in [3.05, 3.63) is 42.1 Å². The van der Waals surface area contributed by atoms with E-state index in [1.54, 1.807) is 29.4 Å². The van der Waals surface area contributed by atoms with E-state index in [1.165, 1.54) is 6.08 Å². The number of anilines is 1. The molecule has 0 saturated carbocycles. The average molecular weight is 323 g/mol. The number of amides is 1. The van der Waals surface area contributed by atoms with E-state index >= 15 is 0 Å². The van der Waals surface area contributed by atoms with Gasteiger partial charge in [-0.1, -0.05) is 12.1 Å². The van der Waals surface area contributed by atoms with Crippen LogP contribution in [0.25, 0.3) is 17.2 Å². The van der Waals surface area contributed by atoms with Crippen LogP contribution in [0.4, 0.5) is 19.1 Å². The van der Waals surface area contributed by atoms with Gasteiger partial charge >= 0.3 is 6.18 Å². The SMILES string of the molecule is O=C(/C=C\c1nc2ccccc2o1)Nc1n[nH]c(C(F)(F)F)n1. The summed E-state index contributed by atoms with van der Waals surface area (Å²) < 4.78 is 42.3. The van der Waals surface area contributed by atoms with Crippen molar-refractivity contribution in [1.29, 1.82) is 0 Å². The smallest absolute Gasteiger partial charge is 0.437 e. The van der Waals surface area contributed by atoms with Crippen molar-refractivity contribution in [1.82, 2.24) is 20.2 Å². The van der Waals surface area contributed by atoms with Gasteiger partial charge in [0.05, 0.1) is 0 Å². The number of halogens is 3. The zero-order chi connectivity index (χ0) is 16.4. The third-order valence-electron chi connectivity index (χ3n) is 2.68. The average Bonchev–Trinajstić information content (AvgIpc) is 3.10. The molecule has 3 rings (SSSR count). The molecule has 7 nitrogen and oxygen atoms in total. The largest absolute Gasteiger partial charge is 0.451 e. The van der Waals surface area contributed by atoms with Crippen molar-refractivity contribution >= 4 is 29.0 Å². The number of aromatic nitrogens is 4. The third kappa shape index (κ3) is 3.36. The highest BCUT2D eigenvalue weighted by molar-refractivity contribution is 6.00. The Morgan fingerprint density at radius 1 is 1.26 bits per heavy atom. The van der Waals surface area contributed by atoms with Crippen LogP contribution >= 0.6 is 0 Å². The molecule has 0 aliphatic carbocycles. The van der Waals surface area contributed by atoms with Crippen molar-refractivity contribution in [3.8, 4) is 0 Å². The lowest BCUT2D eigenvalue weighted by Gasteiger charge is -1.98. The van der Waals surface area contributed by atoms with Crippen LogP contribution in [0.2, 0.25) is 0 Å². The number of hydrogen-bond donors (Lipinski definition) is 2. The van der Waals surface area contributed by atoms with Crippen molar-refractivity contribution < 1.29 is 22.4 Å². The molecule has 0 bridgehead atoms. The van der Waals surface area contributed by atoms with Gasteiger partial charge < -0.3 is 4.42 Å². The summed E-state index contributed by atoms with van der Waals surface area (Å²) in [6, 6.07) is 7.01. The molecule has 0 aliphatic rings. The number of nitrogens with zero attached hydrogens (tertiary/aromatic N) is 3. The van der Waals surface area contributed by atoms with Crippen molar-refractivity contribution in [2.75, 3.05) is 5.32 Å². The van der Waals surface area contributed by atoms with E-state index in [0.29, 0.717) is 11.1 Å². The molecule has 3 aromatic rings. The summed E-state index contributed by atoms with van der Waals surface area (Å²) in [6.07, 6.45) is -2.33. The number of oxazole rings is 1.